The first-order chi connectivity index (χ1) is 17.2. The van der Waals surface area contributed by atoms with E-state index >= 15 is 0 Å². The van der Waals surface area contributed by atoms with E-state index in [0.717, 1.165) is 37.2 Å². The zero-order valence-electron chi connectivity index (χ0n) is 21.9. The van der Waals surface area contributed by atoms with Crippen LogP contribution in [0.25, 0.3) is 0 Å². The van der Waals surface area contributed by atoms with Gasteiger partial charge in [-0.1, -0.05) is 55.5 Å². The predicted octanol–water partition coefficient (Wildman–Crippen LogP) is 4.14. The van der Waals surface area contributed by atoms with Crippen molar-refractivity contribution in [2.24, 2.45) is 0 Å². The summed E-state index contributed by atoms with van der Waals surface area (Å²) in [7, 11) is 0. The monoisotopic (exact) mass is 493 g/mol. The lowest BCUT2D eigenvalue weighted by molar-refractivity contribution is -0.154. The van der Waals surface area contributed by atoms with Crippen LogP contribution in [0.1, 0.15) is 58.4 Å². The Morgan fingerprint density at radius 2 is 1.58 bits per heavy atom. The molecule has 7 heteroatoms. The average Bonchev–Trinajstić information content (AvgIpc) is 2.87. The summed E-state index contributed by atoms with van der Waals surface area (Å²) in [6.45, 7) is 9.26. The Bertz CT molecular complexity index is 996. The maximum atomic E-state index is 13.2. The van der Waals surface area contributed by atoms with E-state index in [9.17, 15) is 14.4 Å². The summed E-state index contributed by atoms with van der Waals surface area (Å²) in [6.07, 6.45) is 2.13. The van der Waals surface area contributed by atoms with Crippen LogP contribution in [-0.2, 0) is 19.1 Å². The molecular weight excluding hydrogens is 454 g/mol. The van der Waals surface area contributed by atoms with Gasteiger partial charge in [-0.05, 0) is 51.3 Å². The zero-order chi connectivity index (χ0) is 26.1. The Labute approximate surface area is 214 Å². The Balaban J connectivity index is 1.64. The minimum atomic E-state index is -0.599. The van der Waals surface area contributed by atoms with Crippen LogP contribution in [0.2, 0.25) is 0 Å². The quantitative estimate of drug-likeness (QED) is 0.532. The van der Waals surface area contributed by atoms with E-state index in [2.05, 4.69) is 10.2 Å². The van der Waals surface area contributed by atoms with Gasteiger partial charge in [0.15, 0.2) is 0 Å². The van der Waals surface area contributed by atoms with Gasteiger partial charge in [-0.15, -0.1) is 0 Å². The molecule has 0 saturated carbocycles. The third kappa shape index (κ3) is 7.92. The fourth-order valence-corrected chi connectivity index (χ4v) is 4.62. The first-order valence-corrected chi connectivity index (χ1v) is 12.8. The number of hydrogen-bond acceptors (Lipinski definition) is 5. The lowest BCUT2D eigenvalue weighted by Crippen LogP contribution is -2.49. The molecule has 1 saturated heterocycles. The summed E-state index contributed by atoms with van der Waals surface area (Å²) >= 11 is 0. The van der Waals surface area contributed by atoms with Crippen molar-refractivity contribution >= 4 is 23.5 Å². The van der Waals surface area contributed by atoms with Crippen LogP contribution < -0.4 is 10.2 Å². The van der Waals surface area contributed by atoms with E-state index in [1.165, 1.54) is 0 Å². The number of ether oxygens (including phenoxy) is 1. The number of benzene rings is 2. The van der Waals surface area contributed by atoms with Gasteiger partial charge in [0.05, 0.1) is 5.92 Å². The second-order valence-electron chi connectivity index (χ2n) is 10.3. The maximum absolute atomic E-state index is 13.2. The number of carbonyl (C=O) groups is 3. The minimum Gasteiger partial charge on any atom is -0.459 e. The molecule has 7 nitrogen and oxygen atoms in total. The van der Waals surface area contributed by atoms with Crippen LogP contribution >= 0.6 is 0 Å². The first-order valence-electron chi connectivity index (χ1n) is 12.8. The second-order valence-corrected chi connectivity index (χ2v) is 10.3. The summed E-state index contributed by atoms with van der Waals surface area (Å²) in [5, 5.41) is 2.77. The molecular formula is C29H39N3O4. The molecule has 3 rings (SSSR count). The van der Waals surface area contributed by atoms with Crippen molar-refractivity contribution in [1.82, 2.24) is 10.2 Å². The summed E-state index contributed by atoms with van der Waals surface area (Å²) in [5.74, 6) is -0.928. The van der Waals surface area contributed by atoms with E-state index in [1.54, 1.807) is 20.8 Å². The Kier molecular flexibility index (Phi) is 9.65. The van der Waals surface area contributed by atoms with Crippen LogP contribution in [0.3, 0.4) is 0 Å². The number of piperidine rings is 1. The third-order valence-electron chi connectivity index (χ3n) is 6.31. The molecule has 1 aliphatic rings. The smallest absolute Gasteiger partial charge is 0.325 e. The molecule has 1 heterocycles. The average molecular weight is 494 g/mol. The number of para-hydroxylation sites is 1. The third-order valence-corrected chi connectivity index (χ3v) is 6.31. The van der Waals surface area contributed by atoms with E-state index < -0.39 is 17.5 Å². The van der Waals surface area contributed by atoms with Crippen molar-refractivity contribution in [2.75, 3.05) is 31.1 Å². The Hall–Kier alpha value is -3.19. The van der Waals surface area contributed by atoms with Gasteiger partial charge in [0.2, 0.25) is 11.8 Å². The largest absolute Gasteiger partial charge is 0.459 e. The van der Waals surface area contributed by atoms with Crippen LogP contribution in [0.4, 0.5) is 5.69 Å². The van der Waals surface area contributed by atoms with Gasteiger partial charge >= 0.3 is 5.97 Å². The van der Waals surface area contributed by atoms with Crippen molar-refractivity contribution in [3.63, 3.8) is 0 Å². The SMILES string of the molecule is CCC(=O)N(c1ccccc1)C1CCN(CC(C(=O)NCC(=O)OC(C)(C)C)c2ccccc2)CC1. The highest BCUT2D eigenvalue weighted by molar-refractivity contribution is 5.93. The highest BCUT2D eigenvalue weighted by atomic mass is 16.6. The number of esters is 1. The molecule has 0 aliphatic carbocycles. The number of rotatable bonds is 9. The molecule has 1 atom stereocenters. The lowest BCUT2D eigenvalue weighted by atomic mass is 9.95. The molecule has 1 aliphatic heterocycles. The van der Waals surface area contributed by atoms with Gasteiger partial charge in [-0.3, -0.25) is 14.4 Å². The Morgan fingerprint density at radius 1 is 1.00 bits per heavy atom. The summed E-state index contributed by atoms with van der Waals surface area (Å²) in [5.41, 5.74) is 1.25. The molecule has 36 heavy (non-hydrogen) atoms. The topological polar surface area (TPSA) is 79.0 Å². The van der Waals surface area contributed by atoms with Crippen LogP contribution in [0.5, 0.6) is 0 Å². The van der Waals surface area contributed by atoms with Crippen LogP contribution in [-0.4, -0.2) is 60.5 Å². The molecule has 0 radical (unpaired) electrons. The molecule has 2 amide bonds. The van der Waals surface area contributed by atoms with Gasteiger partial charge < -0.3 is 19.9 Å². The molecule has 1 N–H and O–H groups in total. The molecule has 2 aromatic carbocycles. The normalized spacial score (nSPS) is 15.7. The minimum absolute atomic E-state index is 0.128. The van der Waals surface area contributed by atoms with Gasteiger partial charge in [0.25, 0.3) is 0 Å². The summed E-state index contributed by atoms with van der Waals surface area (Å²) in [6, 6.07) is 19.6. The van der Waals surface area contributed by atoms with Crippen LogP contribution in [0, 0.1) is 0 Å². The molecule has 2 aromatic rings. The second kappa shape index (κ2) is 12.7. The van der Waals surface area contributed by atoms with Gasteiger partial charge in [0.1, 0.15) is 12.1 Å². The van der Waals surface area contributed by atoms with Crippen molar-refractivity contribution in [3.05, 3.63) is 66.2 Å². The lowest BCUT2D eigenvalue weighted by Gasteiger charge is -2.39. The number of anilines is 1. The van der Waals surface area contributed by atoms with Crippen molar-refractivity contribution in [2.45, 2.75) is 64.5 Å². The number of likely N-dealkylation sites (tertiary alicyclic amines) is 1. The fraction of sp³-hybridized carbons (Fsp3) is 0.483. The van der Waals surface area contributed by atoms with E-state index in [0.29, 0.717) is 13.0 Å². The van der Waals surface area contributed by atoms with Crippen molar-refractivity contribution < 1.29 is 19.1 Å². The molecule has 1 fully saturated rings. The van der Waals surface area contributed by atoms with E-state index in [1.807, 2.05) is 72.5 Å². The summed E-state index contributed by atoms with van der Waals surface area (Å²) < 4.78 is 5.33. The zero-order valence-corrected chi connectivity index (χ0v) is 21.9. The van der Waals surface area contributed by atoms with Gasteiger partial charge in [-0.2, -0.15) is 0 Å². The van der Waals surface area contributed by atoms with Crippen molar-refractivity contribution in [3.8, 4) is 0 Å². The predicted molar refractivity (Wildman–Crippen MR) is 142 cm³/mol. The van der Waals surface area contributed by atoms with E-state index in [4.69, 9.17) is 4.74 Å². The number of hydrogen-bond donors (Lipinski definition) is 1. The standard InChI is InChI=1S/C29H39N3O4/c1-5-26(33)32(23-14-10-7-11-15-23)24-16-18-31(19-17-24)21-25(22-12-8-6-9-13-22)28(35)30-20-27(34)36-29(2,3)4/h6-15,24-25H,5,16-21H2,1-4H3,(H,30,35). The highest BCUT2D eigenvalue weighted by Gasteiger charge is 2.31. The number of amides is 2. The summed E-state index contributed by atoms with van der Waals surface area (Å²) in [4.78, 5) is 42.3. The highest BCUT2D eigenvalue weighted by Crippen LogP contribution is 2.26. The fourth-order valence-electron chi connectivity index (χ4n) is 4.62. The van der Waals surface area contributed by atoms with Gasteiger partial charge in [0, 0.05) is 37.8 Å². The molecule has 0 spiro atoms. The maximum Gasteiger partial charge on any atom is 0.325 e. The number of carbonyl (C=O) groups excluding carboxylic acids is 3. The van der Waals surface area contributed by atoms with E-state index in [-0.39, 0.29) is 24.4 Å². The van der Waals surface area contributed by atoms with Gasteiger partial charge in [-0.25, -0.2) is 0 Å². The molecule has 1 unspecified atom stereocenters. The number of nitrogens with zero attached hydrogens (tertiary/aromatic N) is 2. The molecule has 0 bridgehead atoms. The first kappa shape index (κ1) is 27.4. The number of nitrogens with one attached hydrogen (secondary N) is 1. The van der Waals surface area contributed by atoms with Crippen molar-refractivity contribution in [1.29, 1.82) is 0 Å². The Morgan fingerprint density at radius 3 is 2.14 bits per heavy atom. The molecule has 0 aromatic heterocycles. The molecule has 194 valence electrons. The van der Waals surface area contributed by atoms with Crippen LogP contribution in [0.15, 0.2) is 60.7 Å².